The van der Waals surface area contributed by atoms with E-state index in [1.807, 2.05) is 36.1 Å². The summed E-state index contributed by atoms with van der Waals surface area (Å²) in [6, 6.07) is 7.83. The van der Waals surface area contributed by atoms with Gasteiger partial charge in [-0.2, -0.15) is 0 Å². The fraction of sp³-hybridized carbons (Fsp3) is 0.500. The molecule has 1 heterocycles. The molecule has 1 aliphatic heterocycles. The average molecular weight is 262 g/mol. The number of amides is 2. The van der Waals surface area contributed by atoms with Crippen LogP contribution in [-0.4, -0.2) is 55.1 Å². The molecule has 19 heavy (non-hydrogen) atoms. The third-order valence-electron chi connectivity index (χ3n) is 3.52. The van der Waals surface area contributed by atoms with Crippen molar-refractivity contribution in [2.75, 3.05) is 38.5 Å². The minimum Gasteiger partial charge on any atom is -0.328 e. The largest absolute Gasteiger partial charge is 0.328 e. The number of hydrogen-bond donors (Lipinski definition) is 2. The lowest BCUT2D eigenvalue weighted by atomic mass is 10.2. The van der Waals surface area contributed by atoms with Gasteiger partial charge in [-0.1, -0.05) is 17.7 Å². The van der Waals surface area contributed by atoms with E-state index in [1.165, 1.54) is 5.56 Å². The van der Waals surface area contributed by atoms with Crippen molar-refractivity contribution >= 4 is 11.7 Å². The highest BCUT2D eigenvalue weighted by molar-refractivity contribution is 5.89. The minimum atomic E-state index is -0.0626. The van der Waals surface area contributed by atoms with Gasteiger partial charge in [0.15, 0.2) is 0 Å². The van der Waals surface area contributed by atoms with Crippen LogP contribution >= 0.6 is 0 Å². The third kappa shape index (κ3) is 3.45. The Labute approximate surface area is 114 Å². The molecule has 3 N–H and O–H groups in total. The highest BCUT2D eigenvalue weighted by Crippen LogP contribution is 2.13. The van der Waals surface area contributed by atoms with Crippen LogP contribution in [0.4, 0.5) is 10.5 Å². The van der Waals surface area contributed by atoms with Crippen molar-refractivity contribution in [3.05, 3.63) is 29.8 Å². The molecule has 2 amide bonds. The second kappa shape index (κ2) is 6.04. The lowest BCUT2D eigenvalue weighted by Crippen LogP contribution is -2.57. The van der Waals surface area contributed by atoms with Gasteiger partial charge in [-0.25, -0.2) is 4.79 Å². The summed E-state index contributed by atoms with van der Waals surface area (Å²) in [5.74, 6) is 0. The molecule has 104 valence electrons. The molecular formula is C14H22N4O. The van der Waals surface area contributed by atoms with Crippen LogP contribution in [0.3, 0.4) is 0 Å². The molecule has 1 aromatic rings. The summed E-state index contributed by atoms with van der Waals surface area (Å²) in [5.41, 5.74) is 7.76. The predicted molar refractivity (Wildman–Crippen MR) is 77.2 cm³/mol. The van der Waals surface area contributed by atoms with Gasteiger partial charge in [-0.3, -0.25) is 0 Å². The monoisotopic (exact) mass is 262 g/mol. The quantitative estimate of drug-likeness (QED) is 0.839. The van der Waals surface area contributed by atoms with Crippen molar-refractivity contribution in [3.8, 4) is 0 Å². The molecule has 1 unspecified atom stereocenters. The summed E-state index contributed by atoms with van der Waals surface area (Å²) in [6.07, 6.45) is 0. The molecule has 0 aliphatic carbocycles. The number of rotatable bonds is 2. The molecule has 1 atom stereocenters. The van der Waals surface area contributed by atoms with Gasteiger partial charge in [0.25, 0.3) is 0 Å². The second-order valence-electron chi connectivity index (χ2n) is 5.14. The Kier molecular flexibility index (Phi) is 4.39. The van der Waals surface area contributed by atoms with Crippen molar-refractivity contribution in [2.24, 2.45) is 5.73 Å². The normalized spacial score (nSPS) is 20.4. The van der Waals surface area contributed by atoms with Gasteiger partial charge in [-0.15, -0.1) is 0 Å². The van der Waals surface area contributed by atoms with Crippen molar-refractivity contribution < 1.29 is 4.79 Å². The molecule has 1 fully saturated rings. The molecule has 0 saturated carbocycles. The first-order valence-electron chi connectivity index (χ1n) is 6.63. The Morgan fingerprint density at radius 2 is 2.05 bits per heavy atom. The van der Waals surface area contributed by atoms with Crippen LogP contribution in [0.15, 0.2) is 24.3 Å². The van der Waals surface area contributed by atoms with Gasteiger partial charge in [0.2, 0.25) is 0 Å². The first-order chi connectivity index (χ1) is 9.10. The van der Waals surface area contributed by atoms with Crippen LogP contribution in [0.5, 0.6) is 0 Å². The van der Waals surface area contributed by atoms with Gasteiger partial charge in [0.1, 0.15) is 0 Å². The number of nitrogens with two attached hydrogens (primary N) is 1. The smallest absolute Gasteiger partial charge is 0.322 e. The molecule has 1 aliphatic rings. The van der Waals surface area contributed by atoms with Crippen LogP contribution in [0, 0.1) is 6.92 Å². The number of hydrogen-bond acceptors (Lipinski definition) is 3. The summed E-state index contributed by atoms with van der Waals surface area (Å²) >= 11 is 0. The van der Waals surface area contributed by atoms with E-state index < -0.39 is 0 Å². The topological polar surface area (TPSA) is 61.6 Å². The van der Waals surface area contributed by atoms with E-state index in [0.29, 0.717) is 6.54 Å². The molecule has 0 radical (unpaired) electrons. The molecule has 0 aromatic heterocycles. The molecule has 0 spiro atoms. The number of nitrogens with zero attached hydrogens (tertiary/aromatic N) is 2. The van der Waals surface area contributed by atoms with E-state index in [1.54, 1.807) is 0 Å². The highest BCUT2D eigenvalue weighted by Gasteiger charge is 2.27. The maximum absolute atomic E-state index is 12.3. The maximum Gasteiger partial charge on any atom is 0.322 e. The number of urea groups is 1. The second-order valence-corrected chi connectivity index (χ2v) is 5.14. The van der Waals surface area contributed by atoms with E-state index in [0.717, 1.165) is 25.3 Å². The molecule has 1 aromatic carbocycles. The maximum atomic E-state index is 12.3. The standard InChI is InChI=1S/C14H22N4O/c1-11-3-5-12(6-4-11)16-14(19)18-8-7-17(2)10-13(18)9-15/h3-6,13H,7-10,15H2,1-2H3,(H,16,19). The van der Waals surface area contributed by atoms with Crippen molar-refractivity contribution in [1.29, 1.82) is 0 Å². The van der Waals surface area contributed by atoms with E-state index in [2.05, 4.69) is 17.3 Å². The summed E-state index contributed by atoms with van der Waals surface area (Å²) in [5, 5.41) is 2.93. The Morgan fingerprint density at radius 1 is 1.37 bits per heavy atom. The molecular weight excluding hydrogens is 240 g/mol. The number of benzene rings is 1. The number of nitrogens with one attached hydrogen (secondary N) is 1. The van der Waals surface area contributed by atoms with Crippen LogP contribution in [-0.2, 0) is 0 Å². The lowest BCUT2D eigenvalue weighted by Gasteiger charge is -2.39. The zero-order valence-electron chi connectivity index (χ0n) is 11.6. The first-order valence-corrected chi connectivity index (χ1v) is 6.63. The number of carbonyl (C=O) groups is 1. The summed E-state index contributed by atoms with van der Waals surface area (Å²) in [4.78, 5) is 16.3. The molecule has 5 nitrogen and oxygen atoms in total. The van der Waals surface area contributed by atoms with Gasteiger partial charge >= 0.3 is 6.03 Å². The van der Waals surface area contributed by atoms with Crippen LogP contribution < -0.4 is 11.1 Å². The molecule has 1 saturated heterocycles. The van der Waals surface area contributed by atoms with E-state index in [-0.39, 0.29) is 12.1 Å². The van der Waals surface area contributed by atoms with Crippen LogP contribution in [0.2, 0.25) is 0 Å². The van der Waals surface area contributed by atoms with Crippen molar-refractivity contribution in [2.45, 2.75) is 13.0 Å². The zero-order valence-corrected chi connectivity index (χ0v) is 11.6. The van der Waals surface area contributed by atoms with Crippen LogP contribution in [0.25, 0.3) is 0 Å². The van der Waals surface area contributed by atoms with Crippen LogP contribution in [0.1, 0.15) is 5.56 Å². The Balaban J connectivity index is 2.00. The minimum absolute atomic E-state index is 0.0626. The highest BCUT2D eigenvalue weighted by atomic mass is 16.2. The zero-order chi connectivity index (χ0) is 13.8. The molecule has 0 bridgehead atoms. The summed E-state index contributed by atoms with van der Waals surface area (Å²) in [6.45, 7) is 4.95. The molecule has 5 heteroatoms. The lowest BCUT2D eigenvalue weighted by molar-refractivity contribution is 0.120. The average Bonchev–Trinajstić information content (AvgIpc) is 2.41. The third-order valence-corrected chi connectivity index (χ3v) is 3.52. The summed E-state index contributed by atoms with van der Waals surface area (Å²) in [7, 11) is 2.05. The number of aryl methyl sites for hydroxylation is 1. The van der Waals surface area contributed by atoms with E-state index in [4.69, 9.17) is 5.73 Å². The SMILES string of the molecule is Cc1ccc(NC(=O)N2CCN(C)CC2CN)cc1. The first kappa shape index (κ1) is 13.8. The predicted octanol–water partition coefficient (Wildman–Crippen LogP) is 1.10. The van der Waals surface area contributed by atoms with Gasteiger partial charge in [0, 0.05) is 31.9 Å². The Bertz CT molecular complexity index is 432. The van der Waals surface area contributed by atoms with Gasteiger partial charge in [-0.05, 0) is 26.1 Å². The van der Waals surface area contributed by atoms with E-state index in [9.17, 15) is 4.79 Å². The Hall–Kier alpha value is -1.59. The fourth-order valence-corrected chi connectivity index (χ4v) is 2.31. The van der Waals surface area contributed by atoms with E-state index >= 15 is 0 Å². The number of likely N-dealkylation sites (N-methyl/N-ethyl adjacent to an activating group) is 1. The van der Waals surface area contributed by atoms with Gasteiger partial charge < -0.3 is 20.9 Å². The number of piperazine rings is 1. The fourth-order valence-electron chi connectivity index (χ4n) is 2.31. The van der Waals surface area contributed by atoms with Crippen molar-refractivity contribution in [3.63, 3.8) is 0 Å². The molecule has 2 rings (SSSR count). The summed E-state index contributed by atoms with van der Waals surface area (Å²) < 4.78 is 0. The number of anilines is 1. The van der Waals surface area contributed by atoms with Crippen molar-refractivity contribution in [1.82, 2.24) is 9.80 Å². The number of carbonyl (C=O) groups excluding carboxylic acids is 1. The Morgan fingerprint density at radius 3 is 2.68 bits per heavy atom. The van der Waals surface area contributed by atoms with Gasteiger partial charge in [0.05, 0.1) is 6.04 Å².